The third-order valence-electron chi connectivity index (χ3n) is 5.16. The number of hydrogen-bond donors (Lipinski definition) is 0. The number of hydrogen-bond acceptors (Lipinski definition) is 3. The maximum Gasteiger partial charge on any atom is 0.131 e. The average Bonchev–Trinajstić information content (AvgIpc) is 3.06. The van der Waals surface area contributed by atoms with Gasteiger partial charge >= 0.3 is 0 Å². The van der Waals surface area contributed by atoms with Crippen LogP contribution in [0.3, 0.4) is 0 Å². The third-order valence-corrected chi connectivity index (χ3v) is 5.16. The number of nitrogens with zero attached hydrogens (tertiary/aromatic N) is 2. The summed E-state index contributed by atoms with van der Waals surface area (Å²) in [5, 5.41) is 0. The molecule has 22 heavy (non-hydrogen) atoms. The second-order valence-corrected chi connectivity index (χ2v) is 6.39. The van der Waals surface area contributed by atoms with E-state index in [4.69, 9.17) is 4.42 Å². The Balaban J connectivity index is 1.51. The van der Waals surface area contributed by atoms with E-state index in [-0.39, 0.29) is 5.54 Å². The van der Waals surface area contributed by atoms with E-state index in [1.807, 2.05) is 6.26 Å². The fourth-order valence-corrected chi connectivity index (χ4v) is 3.80. The van der Waals surface area contributed by atoms with Crippen molar-refractivity contribution in [3.8, 4) is 0 Å². The molecule has 1 aromatic carbocycles. The SMILES string of the molecule is CC1(N2CCN(c3ccccc3)CC2)CC=Cc2occc21. The van der Waals surface area contributed by atoms with Crippen molar-refractivity contribution < 1.29 is 4.42 Å². The highest BCUT2D eigenvalue weighted by Crippen LogP contribution is 2.39. The van der Waals surface area contributed by atoms with Crippen molar-refractivity contribution in [3.63, 3.8) is 0 Å². The Kier molecular flexibility index (Phi) is 3.30. The lowest BCUT2D eigenvalue weighted by Crippen LogP contribution is -2.54. The van der Waals surface area contributed by atoms with E-state index in [0.29, 0.717) is 0 Å². The molecule has 1 unspecified atom stereocenters. The van der Waals surface area contributed by atoms with E-state index in [9.17, 15) is 0 Å². The number of anilines is 1. The van der Waals surface area contributed by atoms with Crippen LogP contribution in [0.15, 0.2) is 53.2 Å². The molecule has 4 rings (SSSR count). The van der Waals surface area contributed by atoms with Gasteiger partial charge in [-0.2, -0.15) is 0 Å². The van der Waals surface area contributed by atoms with Crippen LogP contribution in [0.1, 0.15) is 24.7 Å². The minimum Gasteiger partial charge on any atom is -0.465 e. The monoisotopic (exact) mass is 294 g/mol. The van der Waals surface area contributed by atoms with Crippen molar-refractivity contribution in [1.29, 1.82) is 0 Å². The summed E-state index contributed by atoms with van der Waals surface area (Å²) in [5.41, 5.74) is 2.74. The van der Waals surface area contributed by atoms with E-state index in [1.165, 1.54) is 11.3 Å². The second kappa shape index (κ2) is 5.33. The van der Waals surface area contributed by atoms with Gasteiger partial charge in [-0.25, -0.2) is 0 Å². The molecule has 1 aliphatic heterocycles. The van der Waals surface area contributed by atoms with Crippen LogP contribution in [-0.4, -0.2) is 31.1 Å². The van der Waals surface area contributed by atoms with Gasteiger partial charge in [0.25, 0.3) is 0 Å². The quantitative estimate of drug-likeness (QED) is 0.841. The molecule has 1 aliphatic carbocycles. The highest BCUT2D eigenvalue weighted by Gasteiger charge is 2.38. The van der Waals surface area contributed by atoms with Gasteiger partial charge in [-0.3, -0.25) is 4.90 Å². The molecule has 3 nitrogen and oxygen atoms in total. The standard InChI is InChI=1S/C19H22N2O/c1-19(10-5-8-18-17(19)9-15-22-18)21-13-11-20(12-14-21)16-6-3-2-4-7-16/h2-9,15H,10-14H2,1H3. The average molecular weight is 294 g/mol. The summed E-state index contributed by atoms with van der Waals surface area (Å²) in [4.78, 5) is 5.10. The van der Waals surface area contributed by atoms with E-state index in [0.717, 1.165) is 38.4 Å². The molecule has 1 saturated heterocycles. The van der Waals surface area contributed by atoms with Crippen LogP contribution in [-0.2, 0) is 5.54 Å². The van der Waals surface area contributed by atoms with Gasteiger partial charge in [-0.05, 0) is 37.6 Å². The molecular formula is C19H22N2O. The first kappa shape index (κ1) is 13.6. The van der Waals surface area contributed by atoms with Crippen molar-refractivity contribution in [2.75, 3.05) is 31.1 Å². The summed E-state index contributed by atoms with van der Waals surface area (Å²) in [6.45, 7) is 6.68. The third kappa shape index (κ3) is 2.17. The molecule has 2 aromatic rings. The molecule has 1 atom stereocenters. The zero-order valence-corrected chi connectivity index (χ0v) is 13.0. The predicted octanol–water partition coefficient (Wildman–Crippen LogP) is 3.73. The Hall–Kier alpha value is -2.00. The van der Waals surface area contributed by atoms with Crippen LogP contribution < -0.4 is 4.90 Å². The summed E-state index contributed by atoms with van der Waals surface area (Å²) in [6, 6.07) is 12.9. The van der Waals surface area contributed by atoms with Gasteiger partial charge in [-0.1, -0.05) is 24.3 Å². The van der Waals surface area contributed by atoms with Crippen molar-refractivity contribution in [1.82, 2.24) is 4.90 Å². The zero-order valence-electron chi connectivity index (χ0n) is 13.0. The molecule has 0 spiro atoms. The second-order valence-electron chi connectivity index (χ2n) is 6.39. The summed E-state index contributed by atoms with van der Waals surface area (Å²) in [6.07, 6.45) is 7.23. The number of fused-ring (bicyclic) bond motifs is 1. The lowest BCUT2D eigenvalue weighted by atomic mass is 9.83. The van der Waals surface area contributed by atoms with Crippen LogP contribution in [0.4, 0.5) is 5.69 Å². The van der Waals surface area contributed by atoms with Crippen molar-refractivity contribution >= 4 is 11.8 Å². The van der Waals surface area contributed by atoms with Crippen LogP contribution >= 0.6 is 0 Å². The minimum absolute atomic E-state index is 0.0693. The van der Waals surface area contributed by atoms with Gasteiger partial charge in [0.1, 0.15) is 5.76 Å². The lowest BCUT2D eigenvalue weighted by molar-refractivity contribution is 0.0944. The summed E-state index contributed by atoms with van der Waals surface area (Å²) in [5.74, 6) is 1.03. The Morgan fingerprint density at radius 2 is 1.77 bits per heavy atom. The highest BCUT2D eigenvalue weighted by molar-refractivity contribution is 5.54. The maximum atomic E-state index is 5.61. The fraction of sp³-hybridized carbons (Fsp3) is 0.368. The summed E-state index contributed by atoms with van der Waals surface area (Å²) in [7, 11) is 0. The molecule has 114 valence electrons. The van der Waals surface area contributed by atoms with Gasteiger partial charge in [-0.15, -0.1) is 0 Å². The molecule has 0 saturated carbocycles. The Morgan fingerprint density at radius 1 is 1.00 bits per heavy atom. The number of piperazine rings is 1. The van der Waals surface area contributed by atoms with Crippen LogP contribution in [0.2, 0.25) is 0 Å². The maximum absolute atomic E-state index is 5.61. The van der Waals surface area contributed by atoms with E-state index < -0.39 is 0 Å². The molecule has 0 N–H and O–H groups in total. The Morgan fingerprint density at radius 3 is 2.55 bits per heavy atom. The van der Waals surface area contributed by atoms with E-state index in [2.05, 4.69) is 65.3 Å². The predicted molar refractivity (Wildman–Crippen MR) is 89.9 cm³/mol. The van der Waals surface area contributed by atoms with Crippen LogP contribution in [0.25, 0.3) is 6.08 Å². The topological polar surface area (TPSA) is 19.6 Å². The minimum atomic E-state index is 0.0693. The van der Waals surface area contributed by atoms with Gasteiger partial charge in [0.2, 0.25) is 0 Å². The molecule has 0 bridgehead atoms. The molecule has 0 radical (unpaired) electrons. The van der Waals surface area contributed by atoms with Crippen LogP contribution in [0, 0.1) is 0 Å². The number of rotatable bonds is 2. The van der Waals surface area contributed by atoms with E-state index in [1.54, 1.807) is 0 Å². The summed E-state index contributed by atoms with van der Waals surface area (Å²) < 4.78 is 5.61. The number of furan rings is 1. The lowest BCUT2D eigenvalue weighted by Gasteiger charge is -2.47. The molecule has 3 heteroatoms. The molecule has 1 fully saturated rings. The highest BCUT2D eigenvalue weighted by atomic mass is 16.3. The normalized spacial score (nSPS) is 25.2. The van der Waals surface area contributed by atoms with Crippen LogP contribution in [0.5, 0.6) is 0 Å². The molecule has 1 aromatic heterocycles. The van der Waals surface area contributed by atoms with E-state index >= 15 is 0 Å². The fourth-order valence-electron chi connectivity index (χ4n) is 3.80. The zero-order chi connectivity index (χ0) is 15.0. The summed E-state index contributed by atoms with van der Waals surface area (Å²) >= 11 is 0. The molecule has 2 heterocycles. The largest absolute Gasteiger partial charge is 0.465 e. The first-order valence-corrected chi connectivity index (χ1v) is 8.07. The Bertz CT molecular complexity index is 668. The number of benzene rings is 1. The first-order valence-electron chi connectivity index (χ1n) is 8.07. The molecule has 2 aliphatic rings. The molecule has 0 amide bonds. The number of para-hydroxylation sites is 1. The van der Waals surface area contributed by atoms with Gasteiger partial charge in [0, 0.05) is 37.4 Å². The van der Waals surface area contributed by atoms with Crippen molar-refractivity contribution in [2.24, 2.45) is 0 Å². The Labute approximate surface area is 131 Å². The smallest absolute Gasteiger partial charge is 0.131 e. The molecular weight excluding hydrogens is 272 g/mol. The van der Waals surface area contributed by atoms with Crippen molar-refractivity contribution in [3.05, 3.63) is 60.1 Å². The van der Waals surface area contributed by atoms with Gasteiger partial charge in [0.05, 0.1) is 11.8 Å². The first-order chi connectivity index (χ1) is 10.8. The van der Waals surface area contributed by atoms with Crippen molar-refractivity contribution in [2.45, 2.75) is 18.9 Å². The van der Waals surface area contributed by atoms with Gasteiger partial charge in [0.15, 0.2) is 0 Å². The van der Waals surface area contributed by atoms with Gasteiger partial charge < -0.3 is 9.32 Å².